The number of Topliss-reactive ketones (excluding diaryl/α,β-unsaturated/α-hetero) is 2. The van der Waals surface area contributed by atoms with Gasteiger partial charge in [0, 0.05) is 59.4 Å². The standard InChI is InChI=1S/C53H49NO4S2/c1-5-7-22-53(23-8-6-2)42-14-10-9-12-35(42)38-28-34(18-20-43(38)53)54-44-15-11-13-36(44)39-26-32(17-21-45(39)54)47-25-31(4)51(60-47)48-24-30(3)46(59-48)29-41-49(55)37-19-16-33(52(57)58)27-40(37)50(41)56/h9-10,12,14,16-21,24-29,36,44H,5-8,11,13,15,22-23H2,1-4H3,(H,57,58)/b41-29+. The number of aryl methyl sites for hydroxylation is 2. The number of carbonyl (C=O) groups excluding carboxylic acids is 2. The number of fused-ring (bicyclic) bond motifs is 7. The number of nitrogens with zero attached hydrogens (tertiary/aromatic N) is 1. The number of thiophene rings is 2. The molecule has 1 saturated carbocycles. The first kappa shape index (κ1) is 38.8. The molecule has 5 nitrogen and oxygen atoms in total. The Hall–Kier alpha value is -5.37. The van der Waals surface area contributed by atoms with Gasteiger partial charge in [-0.1, -0.05) is 82.3 Å². The lowest BCUT2D eigenvalue weighted by molar-refractivity contribution is 0.0696. The van der Waals surface area contributed by atoms with Gasteiger partial charge in [0.1, 0.15) is 0 Å². The number of hydrogen-bond acceptors (Lipinski definition) is 6. The Bertz CT molecular complexity index is 2790. The van der Waals surface area contributed by atoms with Gasteiger partial charge in [-0.05, 0) is 145 Å². The summed E-state index contributed by atoms with van der Waals surface area (Å²) in [4.78, 5) is 45.2. The predicted molar refractivity (Wildman–Crippen MR) is 247 cm³/mol. The summed E-state index contributed by atoms with van der Waals surface area (Å²) in [5.74, 6) is -1.40. The number of carbonyl (C=O) groups is 3. The van der Waals surface area contributed by atoms with Crippen LogP contribution in [-0.2, 0) is 5.41 Å². The first-order valence-corrected chi connectivity index (χ1v) is 23.3. The van der Waals surface area contributed by atoms with E-state index in [1.54, 1.807) is 28.7 Å². The van der Waals surface area contributed by atoms with Gasteiger partial charge >= 0.3 is 5.97 Å². The van der Waals surface area contributed by atoms with Gasteiger partial charge in [0.05, 0.1) is 11.1 Å². The zero-order valence-electron chi connectivity index (χ0n) is 34.7. The van der Waals surface area contributed by atoms with Crippen molar-refractivity contribution in [1.82, 2.24) is 0 Å². The normalized spacial score (nSPS) is 18.9. The molecule has 1 aliphatic heterocycles. The van der Waals surface area contributed by atoms with Gasteiger partial charge in [0.25, 0.3) is 0 Å². The Morgan fingerprint density at radius 3 is 2.30 bits per heavy atom. The molecule has 4 aliphatic rings. The number of ketones is 2. The summed E-state index contributed by atoms with van der Waals surface area (Å²) in [5, 5.41) is 9.44. The molecular formula is C53H49NO4S2. The number of rotatable bonds is 11. The van der Waals surface area contributed by atoms with Crippen molar-refractivity contribution in [2.75, 3.05) is 4.90 Å². The maximum absolute atomic E-state index is 13.3. The van der Waals surface area contributed by atoms with E-state index in [1.165, 1.54) is 136 Å². The van der Waals surface area contributed by atoms with E-state index in [0.717, 1.165) is 15.3 Å². The minimum atomic E-state index is -1.13. The third kappa shape index (κ3) is 6.02. The Morgan fingerprint density at radius 1 is 0.767 bits per heavy atom. The Labute approximate surface area is 360 Å². The van der Waals surface area contributed by atoms with Crippen molar-refractivity contribution in [2.24, 2.45) is 0 Å². The molecule has 3 heterocycles. The fraction of sp³-hybridized carbons (Fsp3) is 0.302. The summed E-state index contributed by atoms with van der Waals surface area (Å²) in [6.45, 7) is 8.81. The van der Waals surface area contributed by atoms with E-state index in [4.69, 9.17) is 0 Å². The quantitative estimate of drug-likeness (QED) is 0.104. The van der Waals surface area contributed by atoms with Crippen LogP contribution in [0, 0.1) is 13.8 Å². The van der Waals surface area contributed by atoms with Gasteiger partial charge in [-0.15, -0.1) is 22.7 Å². The Morgan fingerprint density at radius 2 is 1.52 bits per heavy atom. The number of carboxylic acids is 1. The maximum Gasteiger partial charge on any atom is 0.335 e. The van der Waals surface area contributed by atoms with Gasteiger partial charge in [-0.2, -0.15) is 0 Å². The molecule has 1 N–H and O–H groups in total. The highest BCUT2D eigenvalue weighted by Crippen LogP contribution is 2.58. The molecule has 0 spiro atoms. The molecular weight excluding hydrogens is 779 g/mol. The molecule has 302 valence electrons. The number of allylic oxidation sites excluding steroid dienone is 1. The van der Waals surface area contributed by atoms with Crippen molar-refractivity contribution in [3.8, 4) is 31.3 Å². The molecule has 1 fully saturated rings. The van der Waals surface area contributed by atoms with Crippen molar-refractivity contribution in [3.05, 3.63) is 146 Å². The van der Waals surface area contributed by atoms with Gasteiger partial charge in [-0.3, -0.25) is 9.59 Å². The second-order valence-corrected chi connectivity index (χ2v) is 19.5. The lowest BCUT2D eigenvalue weighted by Crippen LogP contribution is -2.27. The van der Waals surface area contributed by atoms with Crippen LogP contribution in [0.4, 0.5) is 11.4 Å². The van der Waals surface area contributed by atoms with E-state index >= 15 is 0 Å². The summed E-state index contributed by atoms with van der Waals surface area (Å²) >= 11 is 3.38. The number of benzene rings is 4. The van der Waals surface area contributed by atoms with Crippen LogP contribution in [0.5, 0.6) is 0 Å². The molecule has 60 heavy (non-hydrogen) atoms. The van der Waals surface area contributed by atoms with E-state index in [2.05, 4.69) is 98.5 Å². The van der Waals surface area contributed by atoms with Gasteiger partial charge in [-0.25, -0.2) is 4.79 Å². The molecule has 3 aliphatic carbocycles. The molecule has 2 atom stereocenters. The third-order valence-corrected chi connectivity index (χ3v) is 16.5. The second-order valence-electron chi connectivity index (χ2n) is 17.4. The highest BCUT2D eigenvalue weighted by Gasteiger charge is 2.45. The number of unbranched alkanes of at least 4 members (excludes halogenated alkanes) is 2. The Balaban J connectivity index is 0.964. The molecule has 2 aromatic heterocycles. The van der Waals surface area contributed by atoms with Gasteiger partial charge in [0.2, 0.25) is 0 Å². The molecule has 6 aromatic rings. The first-order chi connectivity index (χ1) is 29.1. The van der Waals surface area contributed by atoms with E-state index in [0.29, 0.717) is 12.0 Å². The van der Waals surface area contributed by atoms with E-state index in [9.17, 15) is 19.5 Å². The van der Waals surface area contributed by atoms with Crippen LogP contribution in [0.1, 0.15) is 141 Å². The highest BCUT2D eigenvalue weighted by atomic mass is 32.1. The lowest BCUT2D eigenvalue weighted by atomic mass is 9.71. The second kappa shape index (κ2) is 15.0. The average molecular weight is 828 g/mol. The molecule has 0 amide bonds. The summed E-state index contributed by atoms with van der Waals surface area (Å²) in [7, 11) is 0. The maximum atomic E-state index is 13.3. The summed E-state index contributed by atoms with van der Waals surface area (Å²) in [6.07, 6.45) is 12.6. The first-order valence-electron chi connectivity index (χ1n) is 21.7. The highest BCUT2D eigenvalue weighted by molar-refractivity contribution is 7.24. The van der Waals surface area contributed by atoms with Gasteiger partial charge in [0.15, 0.2) is 11.6 Å². The molecule has 0 radical (unpaired) electrons. The zero-order valence-corrected chi connectivity index (χ0v) is 36.3. The van der Waals surface area contributed by atoms with E-state index < -0.39 is 11.8 Å². The average Bonchev–Trinajstić information content (AvgIpc) is 4.11. The minimum Gasteiger partial charge on any atom is -0.478 e. The number of anilines is 2. The predicted octanol–water partition coefficient (Wildman–Crippen LogP) is 14.4. The third-order valence-electron chi connectivity index (χ3n) is 13.8. The number of aromatic carboxylic acids is 1. The largest absolute Gasteiger partial charge is 0.478 e. The van der Waals surface area contributed by atoms with Crippen LogP contribution >= 0.6 is 22.7 Å². The summed E-state index contributed by atoms with van der Waals surface area (Å²) < 4.78 is 0. The van der Waals surface area contributed by atoms with E-state index in [1.807, 2.05) is 6.92 Å². The van der Waals surface area contributed by atoms with Crippen molar-refractivity contribution in [1.29, 1.82) is 0 Å². The van der Waals surface area contributed by atoms with Crippen LogP contribution in [0.15, 0.2) is 96.6 Å². The monoisotopic (exact) mass is 827 g/mol. The lowest BCUT2D eigenvalue weighted by Gasteiger charge is -2.33. The SMILES string of the molecule is CCCCC1(CCCC)c2ccccc2-c2cc(N3c4ccc(-c5cc(C)c(-c6cc(C)c(/C=C7\C(=O)c8ccc(C(=O)O)cc8C7=O)s6)s5)cc4C4CCCC43)ccc21. The number of carboxylic acid groups (broad SMARTS) is 1. The molecule has 4 aromatic carbocycles. The minimum absolute atomic E-state index is 0.00426. The zero-order chi connectivity index (χ0) is 41.4. The number of hydrogen-bond donors (Lipinski definition) is 1. The topological polar surface area (TPSA) is 74.7 Å². The summed E-state index contributed by atoms with van der Waals surface area (Å²) in [5.41, 5.74) is 14.1. The Kier molecular flexibility index (Phi) is 9.68. The van der Waals surface area contributed by atoms with Crippen LogP contribution in [0.2, 0.25) is 0 Å². The van der Waals surface area contributed by atoms with E-state index in [-0.39, 0.29) is 33.5 Å². The van der Waals surface area contributed by atoms with Crippen LogP contribution in [-0.4, -0.2) is 28.7 Å². The fourth-order valence-corrected chi connectivity index (χ4v) is 13.4. The molecule has 0 bridgehead atoms. The van der Waals surface area contributed by atoms with Gasteiger partial charge < -0.3 is 10.0 Å². The van der Waals surface area contributed by atoms with Crippen molar-refractivity contribution in [2.45, 2.75) is 103 Å². The van der Waals surface area contributed by atoms with Crippen molar-refractivity contribution in [3.63, 3.8) is 0 Å². The van der Waals surface area contributed by atoms with Crippen LogP contribution in [0.3, 0.4) is 0 Å². The molecule has 7 heteroatoms. The fourth-order valence-electron chi connectivity index (χ4n) is 10.9. The molecule has 0 saturated heterocycles. The van der Waals surface area contributed by atoms with Crippen molar-refractivity contribution >= 4 is 57.7 Å². The molecule has 10 rings (SSSR count). The molecule has 2 unspecified atom stereocenters. The van der Waals surface area contributed by atoms with Crippen molar-refractivity contribution < 1.29 is 19.5 Å². The smallest absolute Gasteiger partial charge is 0.335 e. The summed E-state index contributed by atoms with van der Waals surface area (Å²) in [6, 6.07) is 32.9. The van der Waals surface area contributed by atoms with Crippen LogP contribution < -0.4 is 4.90 Å². The van der Waals surface area contributed by atoms with Crippen LogP contribution in [0.25, 0.3) is 37.4 Å².